The van der Waals surface area contributed by atoms with Crippen molar-refractivity contribution >= 4 is 0 Å². The number of hydrogen-bond donors (Lipinski definition) is 6. The van der Waals surface area contributed by atoms with Crippen LogP contribution >= 0.6 is 0 Å². The Morgan fingerprint density at radius 3 is 1.25 bits per heavy atom. The Morgan fingerprint density at radius 1 is 0.833 bits per heavy atom. The molecule has 0 saturated heterocycles. The van der Waals surface area contributed by atoms with E-state index in [1.807, 2.05) is 0 Å². The highest BCUT2D eigenvalue weighted by Gasteiger charge is 2.19. The lowest BCUT2D eigenvalue weighted by molar-refractivity contribution is 0.0499. The molecule has 2 unspecified atom stereocenters. The number of hydrogen-bond acceptors (Lipinski definition) is 6. The summed E-state index contributed by atoms with van der Waals surface area (Å²) in [4.78, 5) is 0. The summed E-state index contributed by atoms with van der Waals surface area (Å²) in [5.74, 6) is -1.89. The quantitative estimate of drug-likeness (QED) is 0.279. The highest BCUT2D eigenvalue weighted by molar-refractivity contribution is 5.08. The van der Waals surface area contributed by atoms with E-state index in [9.17, 15) is 0 Å². The van der Waals surface area contributed by atoms with Gasteiger partial charge in [-0.3, -0.25) is 0 Å². The molecule has 0 spiro atoms. The van der Waals surface area contributed by atoms with Gasteiger partial charge in [-0.05, 0) is 0 Å². The molecule has 0 radical (unpaired) electrons. The van der Waals surface area contributed by atoms with Gasteiger partial charge in [0.1, 0.15) is 12.2 Å². The average Bonchev–Trinajstić information content (AvgIpc) is 2.12. The molecule has 2 atom stereocenters. The fourth-order valence-electron chi connectivity index (χ4n) is 0.514. The van der Waals surface area contributed by atoms with Gasteiger partial charge in [0.2, 0.25) is 0 Å². The van der Waals surface area contributed by atoms with E-state index in [2.05, 4.69) is 0 Å². The van der Waals surface area contributed by atoms with Crippen LogP contribution in [0.2, 0.25) is 0 Å². The summed E-state index contributed by atoms with van der Waals surface area (Å²) in [6.07, 6.45) is -3.29. The predicted molar refractivity (Wildman–Crippen MR) is 38.5 cm³/mol. The smallest absolute Gasteiger partial charge is 0.164 e. The molecule has 0 fully saturated rings. The van der Waals surface area contributed by atoms with Gasteiger partial charge in [0.15, 0.2) is 11.5 Å². The van der Waals surface area contributed by atoms with Crippen LogP contribution in [0, 0.1) is 0 Å². The van der Waals surface area contributed by atoms with Crippen molar-refractivity contribution in [1.82, 2.24) is 0 Å². The second kappa shape index (κ2) is 4.94. The molecule has 0 aromatic heterocycles. The van der Waals surface area contributed by atoms with Crippen LogP contribution < -0.4 is 0 Å². The molecule has 0 amide bonds. The van der Waals surface area contributed by atoms with E-state index in [0.717, 1.165) is 0 Å². The van der Waals surface area contributed by atoms with E-state index in [-0.39, 0.29) is 0 Å². The SMILES string of the molecule is OCC(O)/C(O)=C(\O)C(O)CO. The van der Waals surface area contributed by atoms with E-state index in [0.29, 0.717) is 0 Å². The first-order chi connectivity index (χ1) is 5.54. The monoisotopic (exact) mass is 180 g/mol. The Kier molecular flexibility index (Phi) is 4.60. The summed E-state index contributed by atoms with van der Waals surface area (Å²) in [6.45, 7) is -1.57. The first kappa shape index (κ1) is 11.2. The predicted octanol–water partition coefficient (Wildman–Crippen LogP) is -1.98. The highest BCUT2D eigenvalue weighted by atomic mass is 16.4. The summed E-state index contributed by atoms with van der Waals surface area (Å²) < 4.78 is 0. The zero-order valence-electron chi connectivity index (χ0n) is 6.25. The van der Waals surface area contributed by atoms with Gasteiger partial charge in [-0.2, -0.15) is 0 Å². The maximum atomic E-state index is 8.84. The van der Waals surface area contributed by atoms with Crippen LogP contribution in [0.4, 0.5) is 0 Å². The molecule has 0 saturated carbocycles. The van der Waals surface area contributed by atoms with Crippen LogP contribution in [0.3, 0.4) is 0 Å². The maximum absolute atomic E-state index is 8.84. The molecule has 0 aliphatic heterocycles. The number of rotatable bonds is 4. The Balaban J connectivity index is 4.44. The van der Waals surface area contributed by atoms with Gasteiger partial charge in [0.05, 0.1) is 13.2 Å². The summed E-state index contributed by atoms with van der Waals surface area (Å²) in [5, 5.41) is 51.8. The van der Waals surface area contributed by atoms with Gasteiger partial charge in [-0.15, -0.1) is 0 Å². The molecular formula is C6H12O6. The van der Waals surface area contributed by atoms with Crippen LogP contribution in [0.1, 0.15) is 0 Å². The largest absolute Gasteiger partial charge is 0.506 e. The van der Waals surface area contributed by atoms with Gasteiger partial charge in [-0.1, -0.05) is 0 Å². The third-order valence-corrected chi connectivity index (χ3v) is 1.24. The molecule has 0 aliphatic carbocycles. The summed E-state index contributed by atoms with van der Waals surface area (Å²) in [5.41, 5.74) is 0. The number of aliphatic hydroxyl groups is 6. The minimum Gasteiger partial charge on any atom is -0.506 e. The van der Waals surface area contributed by atoms with E-state index in [1.165, 1.54) is 0 Å². The molecule has 6 N–H and O–H groups in total. The van der Waals surface area contributed by atoms with Crippen molar-refractivity contribution in [2.75, 3.05) is 13.2 Å². The lowest BCUT2D eigenvalue weighted by atomic mass is 10.2. The van der Waals surface area contributed by atoms with Crippen molar-refractivity contribution in [2.24, 2.45) is 0 Å². The molecule has 6 nitrogen and oxygen atoms in total. The molecule has 12 heavy (non-hydrogen) atoms. The van der Waals surface area contributed by atoms with Crippen LogP contribution in [-0.4, -0.2) is 56.1 Å². The minimum absolute atomic E-state index is 0.784. The average molecular weight is 180 g/mol. The fourth-order valence-corrected chi connectivity index (χ4v) is 0.514. The standard InChI is InChI=1S/C6H12O6/c7-1-3(9)5(11)6(12)4(10)2-8/h3-4,7-12H,1-2H2/b6-5+. The molecule has 0 bridgehead atoms. The molecular weight excluding hydrogens is 168 g/mol. The fraction of sp³-hybridized carbons (Fsp3) is 0.667. The van der Waals surface area contributed by atoms with Crippen LogP contribution in [-0.2, 0) is 0 Å². The van der Waals surface area contributed by atoms with Crippen molar-refractivity contribution < 1.29 is 30.6 Å². The van der Waals surface area contributed by atoms with Crippen LogP contribution in [0.15, 0.2) is 11.5 Å². The molecule has 6 heteroatoms. The summed E-state index contributed by atoms with van der Waals surface area (Å²) >= 11 is 0. The van der Waals surface area contributed by atoms with Gasteiger partial charge in [0, 0.05) is 0 Å². The Bertz CT molecular complexity index is 147. The Morgan fingerprint density at radius 2 is 1.08 bits per heavy atom. The first-order valence-electron chi connectivity index (χ1n) is 3.24. The minimum atomic E-state index is -1.65. The highest BCUT2D eigenvalue weighted by Crippen LogP contribution is 2.07. The van der Waals surface area contributed by atoms with Crippen molar-refractivity contribution in [2.45, 2.75) is 12.2 Å². The second-order valence-corrected chi connectivity index (χ2v) is 2.17. The molecule has 0 rings (SSSR count). The molecule has 0 heterocycles. The molecule has 0 aromatic rings. The summed E-state index contributed by atoms with van der Waals surface area (Å²) in [6, 6.07) is 0. The third kappa shape index (κ3) is 2.67. The lowest BCUT2D eigenvalue weighted by Crippen LogP contribution is -2.23. The van der Waals surface area contributed by atoms with Crippen molar-refractivity contribution in [3.63, 3.8) is 0 Å². The normalized spacial score (nSPS) is 18.3. The van der Waals surface area contributed by atoms with Crippen molar-refractivity contribution in [3.8, 4) is 0 Å². The zero-order chi connectivity index (χ0) is 9.72. The van der Waals surface area contributed by atoms with E-state index >= 15 is 0 Å². The van der Waals surface area contributed by atoms with E-state index < -0.39 is 36.9 Å². The molecule has 0 aromatic carbocycles. The lowest BCUT2D eigenvalue weighted by Gasteiger charge is -2.11. The molecule has 72 valence electrons. The van der Waals surface area contributed by atoms with E-state index in [1.54, 1.807) is 0 Å². The van der Waals surface area contributed by atoms with Crippen molar-refractivity contribution in [3.05, 3.63) is 11.5 Å². The number of aliphatic hydroxyl groups excluding tert-OH is 6. The van der Waals surface area contributed by atoms with Gasteiger partial charge in [0.25, 0.3) is 0 Å². The third-order valence-electron chi connectivity index (χ3n) is 1.24. The summed E-state index contributed by atoms with van der Waals surface area (Å²) in [7, 11) is 0. The van der Waals surface area contributed by atoms with Crippen LogP contribution in [0.5, 0.6) is 0 Å². The Labute approximate surface area is 68.6 Å². The first-order valence-corrected chi connectivity index (χ1v) is 3.24. The maximum Gasteiger partial charge on any atom is 0.164 e. The topological polar surface area (TPSA) is 121 Å². The van der Waals surface area contributed by atoms with Gasteiger partial charge in [-0.25, -0.2) is 0 Å². The Hall–Kier alpha value is -0.820. The van der Waals surface area contributed by atoms with E-state index in [4.69, 9.17) is 30.6 Å². The zero-order valence-corrected chi connectivity index (χ0v) is 6.25. The van der Waals surface area contributed by atoms with Crippen LogP contribution in [0.25, 0.3) is 0 Å². The van der Waals surface area contributed by atoms with Gasteiger partial charge >= 0.3 is 0 Å². The van der Waals surface area contributed by atoms with Gasteiger partial charge < -0.3 is 30.6 Å². The van der Waals surface area contributed by atoms with Crippen molar-refractivity contribution in [1.29, 1.82) is 0 Å². The second-order valence-electron chi connectivity index (χ2n) is 2.17. The molecule has 0 aliphatic rings.